The molecule has 6 nitrogen and oxygen atoms in total. The number of aromatic nitrogens is 1. The smallest absolute Gasteiger partial charge is 0.227 e. The summed E-state index contributed by atoms with van der Waals surface area (Å²) >= 11 is 0. The van der Waals surface area contributed by atoms with Crippen LogP contribution in [-0.4, -0.2) is 41.9 Å². The highest BCUT2D eigenvalue weighted by Gasteiger charge is 2.27. The van der Waals surface area contributed by atoms with Crippen molar-refractivity contribution < 1.29 is 14.3 Å². The zero-order chi connectivity index (χ0) is 20.9. The van der Waals surface area contributed by atoms with Crippen molar-refractivity contribution in [3.05, 3.63) is 65.9 Å². The van der Waals surface area contributed by atoms with E-state index < -0.39 is 0 Å². The van der Waals surface area contributed by atoms with Gasteiger partial charge in [-0.15, -0.1) is 0 Å². The number of aromatic amines is 1. The van der Waals surface area contributed by atoms with Crippen molar-refractivity contribution in [3.63, 3.8) is 0 Å². The van der Waals surface area contributed by atoms with E-state index in [9.17, 15) is 9.59 Å². The number of nitrogens with one attached hydrogen (secondary N) is 2. The molecule has 1 aliphatic heterocycles. The van der Waals surface area contributed by atoms with Gasteiger partial charge in [-0.3, -0.25) is 9.59 Å². The second-order valence-electron chi connectivity index (χ2n) is 7.76. The molecular weight excluding hydrogens is 378 g/mol. The SMILES string of the molecule is COc1ccc2[nH]cc(CC(=O)N3CCC(C(=O)NCc4ccccc4)CC3)c2c1. The summed E-state index contributed by atoms with van der Waals surface area (Å²) in [6.07, 6.45) is 3.64. The van der Waals surface area contributed by atoms with E-state index in [0.717, 1.165) is 27.8 Å². The maximum absolute atomic E-state index is 12.8. The largest absolute Gasteiger partial charge is 0.497 e. The highest BCUT2D eigenvalue weighted by atomic mass is 16.5. The molecule has 1 aromatic heterocycles. The zero-order valence-electron chi connectivity index (χ0n) is 17.2. The van der Waals surface area contributed by atoms with Crippen LogP contribution in [0.15, 0.2) is 54.7 Å². The predicted octanol–water partition coefficient (Wildman–Crippen LogP) is 3.27. The molecule has 1 fully saturated rings. The Kier molecular flexibility index (Phi) is 6.02. The van der Waals surface area contributed by atoms with Crippen LogP contribution in [-0.2, 0) is 22.6 Å². The molecule has 2 aromatic carbocycles. The number of piperidine rings is 1. The Morgan fingerprint density at radius 2 is 1.90 bits per heavy atom. The highest BCUT2D eigenvalue weighted by molar-refractivity contribution is 5.90. The van der Waals surface area contributed by atoms with E-state index in [1.165, 1.54) is 0 Å². The van der Waals surface area contributed by atoms with Crippen LogP contribution in [0.4, 0.5) is 0 Å². The summed E-state index contributed by atoms with van der Waals surface area (Å²) in [5, 5.41) is 4.03. The summed E-state index contributed by atoms with van der Waals surface area (Å²) in [6, 6.07) is 15.7. The zero-order valence-corrected chi connectivity index (χ0v) is 17.2. The standard InChI is InChI=1S/C24H27N3O3/c1-30-20-7-8-22-21(14-20)19(16-25-22)13-23(28)27-11-9-18(10-12-27)24(29)26-15-17-5-3-2-4-6-17/h2-8,14,16,18,25H,9-13,15H2,1H3,(H,26,29). The first kappa shape index (κ1) is 20.0. The Morgan fingerprint density at radius 1 is 1.13 bits per heavy atom. The van der Waals surface area contributed by atoms with Crippen molar-refractivity contribution in [2.45, 2.75) is 25.8 Å². The van der Waals surface area contributed by atoms with Crippen LogP contribution in [0.1, 0.15) is 24.0 Å². The third-order valence-electron chi connectivity index (χ3n) is 5.84. The quantitative estimate of drug-likeness (QED) is 0.661. The highest BCUT2D eigenvalue weighted by Crippen LogP contribution is 2.25. The van der Waals surface area contributed by atoms with Crippen LogP contribution < -0.4 is 10.1 Å². The number of hydrogen-bond donors (Lipinski definition) is 2. The number of amides is 2. The third kappa shape index (κ3) is 4.48. The second-order valence-corrected chi connectivity index (χ2v) is 7.76. The van der Waals surface area contributed by atoms with Crippen LogP contribution in [0.2, 0.25) is 0 Å². The lowest BCUT2D eigenvalue weighted by Crippen LogP contribution is -2.43. The number of carbonyl (C=O) groups is 2. The number of fused-ring (bicyclic) bond motifs is 1. The minimum Gasteiger partial charge on any atom is -0.497 e. The molecule has 4 rings (SSSR count). The molecule has 30 heavy (non-hydrogen) atoms. The topological polar surface area (TPSA) is 74.4 Å². The van der Waals surface area contributed by atoms with Gasteiger partial charge in [-0.05, 0) is 42.2 Å². The molecule has 2 heterocycles. The van der Waals surface area contributed by atoms with Crippen molar-refractivity contribution in [3.8, 4) is 5.75 Å². The van der Waals surface area contributed by atoms with Crippen molar-refractivity contribution in [1.29, 1.82) is 0 Å². The molecule has 1 saturated heterocycles. The Labute approximate surface area is 176 Å². The summed E-state index contributed by atoms with van der Waals surface area (Å²) < 4.78 is 5.30. The number of ether oxygens (including phenoxy) is 1. The number of benzene rings is 2. The monoisotopic (exact) mass is 405 g/mol. The fourth-order valence-corrected chi connectivity index (χ4v) is 4.03. The van der Waals surface area contributed by atoms with Gasteiger partial charge in [-0.2, -0.15) is 0 Å². The van der Waals surface area contributed by atoms with Crippen molar-refractivity contribution in [2.75, 3.05) is 20.2 Å². The molecule has 3 aromatic rings. The first-order valence-electron chi connectivity index (χ1n) is 10.4. The molecule has 0 saturated carbocycles. The number of rotatable bonds is 6. The lowest BCUT2D eigenvalue weighted by Gasteiger charge is -2.31. The summed E-state index contributed by atoms with van der Waals surface area (Å²) in [6.45, 7) is 1.78. The van der Waals surface area contributed by atoms with E-state index in [4.69, 9.17) is 4.74 Å². The second kappa shape index (κ2) is 9.03. The van der Waals surface area contributed by atoms with Gasteiger partial charge in [0.15, 0.2) is 0 Å². The third-order valence-corrected chi connectivity index (χ3v) is 5.84. The number of nitrogens with zero attached hydrogens (tertiary/aromatic N) is 1. The van der Waals surface area contributed by atoms with Crippen LogP contribution >= 0.6 is 0 Å². The molecule has 2 N–H and O–H groups in total. The van der Waals surface area contributed by atoms with Crippen LogP contribution in [0, 0.1) is 5.92 Å². The van der Waals surface area contributed by atoms with Gasteiger partial charge >= 0.3 is 0 Å². The van der Waals surface area contributed by atoms with Gasteiger partial charge in [0.1, 0.15) is 5.75 Å². The maximum atomic E-state index is 12.8. The van der Waals surface area contributed by atoms with Crippen LogP contribution in [0.3, 0.4) is 0 Å². The van der Waals surface area contributed by atoms with Gasteiger partial charge in [0.25, 0.3) is 0 Å². The maximum Gasteiger partial charge on any atom is 0.227 e. The molecule has 2 amide bonds. The van der Waals surface area contributed by atoms with E-state index in [2.05, 4.69) is 10.3 Å². The summed E-state index contributed by atoms with van der Waals surface area (Å²) in [5.41, 5.74) is 3.05. The minimum absolute atomic E-state index is 0.0323. The molecule has 6 heteroatoms. The van der Waals surface area contributed by atoms with E-state index >= 15 is 0 Å². The van der Waals surface area contributed by atoms with Crippen molar-refractivity contribution >= 4 is 22.7 Å². The molecule has 1 aliphatic rings. The van der Waals surface area contributed by atoms with Crippen molar-refractivity contribution in [2.24, 2.45) is 5.92 Å². The number of hydrogen-bond acceptors (Lipinski definition) is 3. The van der Waals surface area contributed by atoms with Gasteiger partial charge in [0.2, 0.25) is 11.8 Å². The number of methoxy groups -OCH3 is 1. The number of carbonyl (C=O) groups excluding carboxylic acids is 2. The lowest BCUT2D eigenvalue weighted by molar-refractivity contribution is -0.135. The fourth-order valence-electron chi connectivity index (χ4n) is 4.03. The molecule has 0 radical (unpaired) electrons. The van der Waals surface area contributed by atoms with Gasteiger partial charge in [0, 0.05) is 42.7 Å². The fraction of sp³-hybridized carbons (Fsp3) is 0.333. The van der Waals surface area contributed by atoms with Crippen molar-refractivity contribution in [1.82, 2.24) is 15.2 Å². The predicted molar refractivity (Wildman–Crippen MR) is 116 cm³/mol. The summed E-state index contributed by atoms with van der Waals surface area (Å²) in [4.78, 5) is 30.4. The molecule has 0 bridgehead atoms. The van der Waals surface area contributed by atoms with Gasteiger partial charge < -0.3 is 19.9 Å². The Hall–Kier alpha value is -3.28. The lowest BCUT2D eigenvalue weighted by atomic mass is 9.95. The normalized spacial score (nSPS) is 14.6. The molecule has 0 unspecified atom stereocenters. The molecule has 0 atom stereocenters. The first-order chi connectivity index (χ1) is 14.6. The van der Waals surface area contributed by atoms with E-state index in [-0.39, 0.29) is 17.7 Å². The molecule has 0 spiro atoms. The Balaban J connectivity index is 1.29. The Bertz CT molecular complexity index is 1020. The van der Waals surface area contributed by atoms with Gasteiger partial charge in [0.05, 0.1) is 13.5 Å². The Morgan fingerprint density at radius 3 is 2.63 bits per heavy atom. The molecular formula is C24H27N3O3. The van der Waals surface area contributed by atoms with Gasteiger partial charge in [-0.25, -0.2) is 0 Å². The molecule has 156 valence electrons. The summed E-state index contributed by atoms with van der Waals surface area (Å²) in [7, 11) is 1.64. The van der Waals surface area contributed by atoms with E-state index in [1.54, 1.807) is 7.11 Å². The van der Waals surface area contributed by atoms with Gasteiger partial charge in [-0.1, -0.05) is 30.3 Å². The number of H-pyrrole nitrogens is 1. The van der Waals surface area contributed by atoms with Crippen LogP contribution in [0.5, 0.6) is 5.75 Å². The van der Waals surface area contributed by atoms with Crippen LogP contribution in [0.25, 0.3) is 10.9 Å². The molecule has 0 aliphatic carbocycles. The van der Waals surface area contributed by atoms with E-state index in [0.29, 0.717) is 38.9 Å². The number of likely N-dealkylation sites (tertiary alicyclic amines) is 1. The average molecular weight is 405 g/mol. The summed E-state index contributed by atoms with van der Waals surface area (Å²) in [5.74, 6) is 0.921. The minimum atomic E-state index is -0.0323. The first-order valence-corrected chi connectivity index (χ1v) is 10.4. The van der Waals surface area contributed by atoms with E-state index in [1.807, 2.05) is 59.6 Å². The average Bonchev–Trinajstić information content (AvgIpc) is 3.20.